The number of nitrogens with zero attached hydrogens (tertiary/aromatic N) is 1. The molecule has 19 heavy (non-hydrogen) atoms. The van der Waals surface area contributed by atoms with E-state index >= 15 is 0 Å². The summed E-state index contributed by atoms with van der Waals surface area (Å²) >= 11 is 0. The molecule has 1 aromatic rings. The van der Waals surface area contributed by atoms with Crippen LogP contribution in [0.2, 0.25) is 0 Å². The lowest BCUT2D eigenvalue weighted by Gasteiger charge is -2.41. The molecule has 0 radical (unpaired) electrons. The zero-order valence-corrected chi connectivity index (χ0v) is 12.1. The second-order valence-corrected chi connectivity index (χ2v) is 5.29. The Balaban J connectivity index is 2.83. The predicted molar refractivity (Wildman–Crippen MR) is 73.1 cm³/mol. The van der Waals surface area contributed by atoms with Crippen LogP contribution in [0.5, 0.6) is 0 Å². The number of likely N-dealkylation sites (N-methyl/N-ethyl adjacent to an activating group) is 1. The van der Waals surface area contributed by atoms with Gasteiger partial charge in [0.1, 0.15) is 0 Å². The molecule has 108 valence electrons. The Hall–Kier alpha value is -1.00. The SMILES string of the molecule is CCN(CC)C(C)(C)C(O)Cc1ccc(F)c(F)c1. The maximum absolute atomic E-state index is 13.2. The van der Waals surface area contributed by atoms with E-state index in [0.29, 0.717) is 12.0 Å². The van der Waals surface area contributed by atoms with Gasteiger partial charge in [-0.1, -0.05) is 19.9 Å². The van der Waals surface area contributed by atoms with Crippen molar-refractivity contribution in [3.05, 3.63) is 35.4 Å². The minimum atomic E-state index is -0.870. The Bertz CT molecular complexity index is 417. The Morgan fingerprint density at radius 3 is 2.21 bits per heavy atom. The van der Waals surface area contributed by atoms with Crippen LogP contribution >= 0.6 is 0 Å². The molecular formula is C15H23F2NO. The molecule has 1 N–H and O–H groups in total. The first-order valence-corrected chi connectivity index (χ1v) is 6.69. The summed E-state index contributed by atoms with van der Waals surface area (Å²) in [5.41, 5.74) is 0.195. The van der Waals surface area contributed by atoms with Gasteiger partial charge in [0.2, 0.25) is 0 Å². The Labute approximate surface area is 114 Å². The number of rotatable bonds is 6. The minimum absolute atomic E-state index is 0.306. The van der Waals surface area contributed by atoms with E-state index in [2.05, 4.69) is 4.90 Å². The number of aliphatic hydroxyl groups is 1. The van der Waals surface area contributed by atoms with Gasteiger partial charge in [-0.3, -0.25) is 4.90 Å². The summed E-state index contributed by atoms with van der Waals surface area (Å²) in [6.07, 6.45) is -0.335. The molecule has 0 heterocycles. The lowest BCUT2D eigenvalue weighted by atomic mass is 9.90. The molecule has 0 aromatic heterocycles. The molecule has 1 rings (SSSR count). The molecule has 2 nitrogen and oxygen atoms in total. The maximum Gasteiger partial charge on any atom is 0.159 e. The van der Waals surface area contributed by atoms with Crippen LogP contribution in [0.25, 0.3) is 0 Å². The van der Waals surface area contributed by atoms with E-state index in [1.165, 1.54) is 6.07 Å². The normalized spacial score (nSPS) is 13.9. The van der Waals surface area contributed by atoms with Gasteiger partial charge >= 0.3 is 0 Å². The topological polar surface area (TPSA) is 23.5 Å². The van der Waals surface area contributed by atoms with Gasteiger partial charge in [0.25, 0.3) is 0 Å². The van der Waals surface area contributed by atoms with Crippen molar-refractivity contribution in [1.82, 2.24) is 4.90 Å². The van der Waals surface area contributed by atoms with Crippen molar-refractivity contribution in [3.8, 4) is 0 Å². The highest BCUT2D eigenvalue weighted by Crippen LogP contribution is 2.22. The van der Waals surface area contributed by atoms with Gasteiger partial charge in [0, 0.05) is 12.0 Å². The highest BCUT2D eigenvalue weighted by atomic mass is 19.2. The third kappa shape index (κ3) is 3.74. The molecule has 0 amide bonds. The van der Waals surface area contributed by atoms with Crippen LogP contribution in [-0.4, -0.2) is 34.7 Å². The smallest absolute Gasteiger partial charge is 0.159 e. The molecule has 0 spiro atoms. The highest BCUT2D eigenvalue weighted by molar-refractivity contribution is 5.19. The summed E-state index contributed by atoms with van der Waals surface area (Å²) in [7, 11) is 0. The van der Waals surface area contributed by atoms with Crippen LogP contribution in [0.15, 0.2) is 18.2 Å². The second kappa shape index (κ2) is 6.44. The highest BCUT2D eigenvalue weighted by Gasteiger charge is 2.32. The van der Waals surface area contributed by atoms with Crippen LogP contribution < -0.4 is 0 Å². The van der Waals surface area contributed by atoms with Crippen molar-refractivity contribution in [2.24, 2.45) is 0 Å². The molecular weight excluding hydrogens is 248 g/mol. The van der Waals surface area contributed by atoms with E-state index in [9.17, 15) is 13.9 Å². The Kier molecular flexibility index (Phi) is 5.44. The van der Waals surface area contributed by atoms with Gasteiger partial charge in [-0.25, -0.2) is 8.78 Å². The molecule has 0 aliphatic rings. The van der Waals surface area contributed by atoms with Gasteiger partial charge in [0.05, 0.1) is 6.10 Å². The van der Waals surface area contributed by atoms with E-state index in [0.717, 1.165) is 25.2 Å². The predicted octanol–water partition coefficient (Wildman–Crippen LogP) is 2.99. The average Bonchev–Trinajstić information content (AvgIpc) is 2.35. The van der Waals surface area contributed by atoms with E-state index in [1.807, 2.05) is 27.7 Å². The summed E-state index contributed by atoms with van der Waals surface area (Å²) in [6, 6.07) is 3.76. The zero-order chi connectivity index (χ0) is 14.6. The number of aliphatic hydroxyl groups excluding tert-OH is 1. The van der Waals surface area contributed by atoms with Gasteiger partial charge < -0.3 is 5.11 Å². The summed E-state index contributed by atoms with van der Waals surface area (Å²) in [5.74, 6) is -1.73. The molecule has 0 saturated heterocycles. The second-order valence-electron chi connectivity index (χ2n) is 5.29. The molecule has 1 unspecified atom stereocenters. The molecule has 0 saturated carbocycles. The van der Waals surface area contributed by atoms with Crippen molar-refractivity contribution < 1.29 is 13.9 Å². The molecule has 0 aliphatic carbocycles. The van der Waals surface area contributed by atoms with Crippen LogP contribution in [0.4, 0.5) is 8.78 Å². The summed E-state index contributed by atoms with van der Waals surface area (Å²) < 4.78 is 26.0. The molecule has 1 atom stereocenters. The molecule has 0 bridgehead atoms. The molecule has 0 fully saturated rings. The van der Waals surface area contributed by atoms with Crippen LogP contribution in [0, 0.1) is 11.6 Å². The van der Waals surface area contributed by atoms with Crippen molar-refractivity contribution >= 4 is 0 Å². The van der Waals surface area contributed by atoms with E-state index in [4.69, 9.17) is 0 Å². The first-order chi connectivity index (χ1) is 8.82. The van der Waals surface area contributed by atoms with Crippen molar-refractivity contribution in [3.63, 3.8) is 0 Å². The maximum atomic E-state index is 13.2. The number of benzene rings is 1. The summed E-state index contributed by atoms with van der Waals surface area (Å²) in [5, 5.41) is 10.4. The lowest BCUT2D eigenvalue weighted by Crippen LogP contribution is -2.53. The van der Waals surface area contributed by atoms with Gasteiger partial charge in [-0.2, -0.15) is 0 Å². The monoisotopic (exact) mass is 271 g/mol. The van der Waals surface area contributed by atoms with Crippen molar-refractivity contribution in [2.45, 2.75) is 45.8 Å². The van der Waals surface area contributed by atoms with Crippen LogP contribution in [-0.2, 0) is 6.42 Å². The van der Waals surface area contributed by atoms with Gasteiger partial charge in [-0.05, 0) is 44.6 Å². The minimum Gasteiger partial charge on any atom is -0.391 e. The first kappa shape index (κ1) is 16.1. The fraction of sp³-hybridized carbons (Fsp3) is 0.600. The van der Waals surface area contributed by atoms with Gasteiger partial charge in [-0.15, -0.1) is 0 Å². The van der Waals surface area contributed by atoms with Gasteiger partial charge in [0.15, 0.2) is 11.6 Å². The zero-order valence-electron chi connectivity index (χ0n) is 12.1. The Morgan fingerprint density at radius 1 is 1.16 bits per heavy atom. The number of hydrogen-bond donors (Lipinski definition) is 1. The quantitative estimate of drug-likeness (QED) is 0.860. The lowest BCUT2D eigenvalue weighted by molar-refractivity contribution is -0.00419. The fourth-order valence-electron chi connectivity index (χ4n) is 2.39. The van der Waals surface area contributed by atoms with E-state index < -0.39 is 23.3 Å². The largest absolute Gasteiger partial charge is 0.391 e. The average molecular weight is 271 g/mol. The molecule has 1 aromatic carbocycles. The van der Waals surface area contributed by atoms with E-state index in [1.54, 1.807) is 0 Å². The van der Waals surface area contributed by atoms with Crippen molar-refractivity contribution in [1.29, 1.82) is 0 Å². The third-order valence-corrected chi connectivity index (χ3v) is 3.81. The Morgan fingerprint density at radius 2 is 1.74 bits per heavy atom. The summed E-state index contributed by atoms with van der Waals surface area (Å²) in [4.78, 5) is 2.15. The van der Waals surface area contributed by atoms with E-state index in [-0.39, 0.29) is 0 Å². The molecule has 0 aliphatic heterocycles. The standard InChI is InChI=1S/C15H23F2NO/c1-5-18(6-2)15(3,4)14(19)10-11-7-8-12(16)13(17)9-11/h7-9,14,19H,5-6,10H2,1-4H3. The third-order valence-electron chi connectivity index (χ3n) is 3.81. The molecule has 4 heteroatoms. The number of hydrogen-bond acceptors (Lipinski definition) is 2. The first-order valence-electron chi connectivity index (χ1n) is 6.69. The van der Waals surface area contributed by atoms with Crippen LogP contribution in [0.1, 0.15) is 33.3 Å². The summed E-state index contributed by atoms with van der Waals surface area (Å²) in [6.45, 7) is 9.66. The van der Waals surface area contributed by atoms with Crippen molar-refractivity contribution in [2.75, 3.05) is 13.1 Å². The fourth-order valence-corrected chi connectivity index (χ4v) is 2.39. The number of halogens is 2. The van der Waals surface area contributed by atoms with Crippen LogP contribution in [0.3, 0.4) is 0 Å².